The fraction of sp³-hybridized carbons (Fsp3) is 0.471. The Hall–Kier alpha value is -2.22. The van der Waals surface area contributed by atoms with Crippen LogP contribution in [0, 0.1) is 0 Å². The van der Waals surface area contributed by atoms with Crippen molar-refractivity contribution in [1.82, 2.24) is 10.6 Å². The molecule has 8 heteroatoms. The molecule has 0 aliphatic carbocycles. The lowest BCUT2D eigenvalue weighted by atomic mass is 10.2. The van der Waals surface area contributed by atoms with Crippen molar-refractivity contribution in [2.75, 3.05) is 18.8 Å². The molecule has 0 saturated carbocycles. The third-order valence-corrected chi connectivity index (χ3v) is 3.78. The minimum atomic E-state index is -0.883. The maximum Gasteiger partial charge on any atom is 0.407 e. The smallest absolute Gasteiger partial charge is 0.407 e. The number of hydrogen-bond donors (Lipinski definition) is 3. The third-order valence-electron chi connectivity index (χ3n) is 2.79. The Bertz CT molecular complexity index is 596. The maximum absolute atomic E-state index is 12.0. The van der Waals surface area contributed by atoms with E-state index in [0.29, 0.717) is 25.1 Å². The van der Waals surface area contributed by atoms with Gasteiger partial charge in [0.25, 0.3) is 5.91 Å². The number of hydrogen-bond acceptors (Lipinski definition) is 5. The highest BCUT2D eigenvalue weighted by atomic mass is 32.2. The highest BCUT2D eigenvalue weighted by Gasteiger charge is 2.15. The van der Waals surface area contributed by atoms with Gasteiger partial charge in [-0.15, -0.1) is 11.8 Å². The van der Waals surface area contributed by atoms with Crippen LogP contribution >= 0.6 is 11.8 Å². The van der Waals surface area contributed by atoms with E-state index < -0.39 is 17.7 Å². The average Bonchev–Trinajstić information content (AvgIpc) is 2.51. The summed E-state index contributed by atoms with van der Waals surface area (Å²) in [6.45, 7) is 6.19. The van der Waals surface area contributed by atoms with Crippen molar-refractivity contribution in [1.29, 1.82) is 0 Å². The zero-order valence-electron chi connectivity index (χ0n) is 14.6. The summed E-state index contributed by atoms with van der Waals surface area (Å²) in [5.74, 6) is -1.12. The molecule has 7 nitrogen and oxygen atoms in total. The lowest BCUT2D eigenvalue weighted by molar-refractivity contribution is -0.133. The van der Waals surface area contributed by atoms with Crippen molar-refractivity contribution in [3.63, 3.8) is 0 Å². The number of alkyl carbamates (subject to hydrolysis) is 1. The number of amides is 2. The second-order valence-electron chi connectivity index (χ2n) is 6.24. The van der Waals surface area contributed by atoms with Gasteiger partial charge in [-0.05, 0) is 51.5 Å². The molecule has 2 amide bonds. The number of rotatable bonds is 8. The van der Waals surface area contributed by atoms with Gasteiger partial charge in [0.2, 0.25) is 0 Å². The van der Waals surface area contributed by atoms with E-state index in [1.807, 2.05) is 0 Å². The molecule has 25 heavy (non-hydrogen) atoms. The lowest BCUT2D eigenvalue weighted by Gasteiger charge is -2.19. The van der Waals surface area contributed by atoms with Crippen molar-refractivity contribution < 1.29 is 24.2 Å². The largest absolute Gasteiger partial charge is 0.481 e. The highest BCUT2D eigenvalue weighted by Crippen LogP contribution is 2.18. The van der Waals surface area contributed by atoms with Crippen LogP contribution in [0.25, 0.3) is 0 Å². The summed E-state index contributed by atoms with van der Waals surface area (Å²) in [4.78, 5) is 34.7. The number of carbonyl (C=O) groups excluding carboxylic acids is 2. The van der Waals surface area contributed by atoms with Crippen LogP contribution in [0.15, 0.2) is 29.2 Å². The molecule has 0 heterocycles. The van der Waals surface area contributed by atoms with E-state index >= 15 is 0 Å². The Labute approximate surface area is 151 Å². The molecule has 0 bridgehead atoms. The molecule has 0 spiro atoms. The van der Waals surface area contributed by atoms with Crippen LogP contribution in [-0.4, -0.2) is 47.5 Å². The van der Waals surface area contributed by atoms with Gasteiger partial charge in [0.15, 0.2) is 0 Å². The first kappa shape index (κ1) is 20.8. The molecular weight excluding hydrogens is 344 g/mol. The third kappa shape index (κ3) is 9.61. The van der Waals surface area contributed by atoms with Gasteiger partial charge in [0.05, 0.1) is 5.75 Å². The summed E-state index contributed by atoms with van der Waals surface area (Å²) in [6.07, 6.45) is 0.102. The SMILES string of the molecule is CC(C)(C)OC(=O)NCCCNC(=O)c1ccc(SCC(=O)O)cc1. The Morgan fingerprint density at radius 3 is 2.24 bits per heavy atom. The molecule has 0 fully saturated rings. The Balaban J connectivity index is 2.26. The van der Waals surface area contributed by atoms with Gasteiger partial charge in [-0.25, -0.2) is 4.79 Å². The molecule has 0 aliphatic rings. The Kier molecular flexibility index (Phi) is 8.27. The molecule has 1 aromatic carbocycles. The molecule has 1 rings (SSSR count). The summed E-state index contributed by atoms with van der Waals surface area (Å²) in [6, 6.07) is 6.73. The van der Waals surface area contributed by atoms with Crippen molar-refractivity contribution >= 4 is 29.7 Å². The van der Waals surface area contributed by atoms with E-state index in [9.17, 15) is 14.4 Å². The summed E-state index contributed by atoms with van der Waals surface area (Å²) in [7, 11) is 0. The van der Waals surface area contributed by atoms with E-state index in [0.717, 1.165) is 4.90 Å². The number of nitrogens with one attached hydrogen (secondary N) is 2. The van der Waals surface area contributed by atoms with E-state index in [1.165, 1.54) is 11.8 Å². The number of carboxylic acid groups (broad SMARTS) is 1. The summed E-state index contributed by atoms with van der Waals surface area (Å²) >= 11 is 1.20. The van der Waals surface area contributed by atoms with Gasteiger partial charge in [0, 0.05) is 23.5 Å². The monoisotopic (exact) mass is 368 g/mol. The van der Waals surface area contributed by atoms with Crippen LogP contribution in [0.4, 0.5) is 4.79 Å². The van der Waals surface area contributed by atoms with Gasteiger partial charge in [-0.1, -0.05) is 0 Å². The predicted molar refractivity (Wildman–Crippen MR) is 96.0 cm³/mol. The van der Waals surface area contributed by atoms with Crippen molar-refractivity contribution in [3.05, 3.63) is 29.8 Å². The van der Waals surface area contributed by atoms with E-state index in [1.54, 1.807) is 45.0 Å². The quantitative estimate of drug-likeness (QED) is 0.481. The zero-order chi connectivity index (χ0) is 18.9. The van der Waals surface area contributed by atoms with Crippen molar-refractivity contribution in [2.45, 2.75) is 37.7 Å². The molecular formula is C17H24N2O5S. The second-order valence-corrected chi connectivity index (χ2v) is 7.29. The Morgan fingerprint density at radius 1 is 1.08 bits per heavy atom. The Morgan fingerprint density at radius 2 is 1.68 bits per heavy atom. The van der Waals surface area contributed by atoms with Gasteiger partial charge in [0.1, 0.15) is 5.60 Å². The average molecular weight is 368 g/mol. The highest BCUT2D eigenvalue weighted by molar-refractivity contribution is 8.00. The number of carboxylic acids is 1. The van der Waals surface area contributed by atoms with Crippen LogP contribution in [0.1, 0.15) is 37.6 Å². The van der Waals surface area contributed by atoms with E-state index in [4.69, 9.17) is 9.84 Å². The minimum Gasteiger partial charge on any atom is -0.481 e. The predicted octanol–water partition coefficient (Wildman–Crippen LogP) is 2.51. The van der Waals surface area contributed by atoms with Crippen molar-refractivity contribution in [3.8, 4) is 0 Å². The van der Waals surface area contributed by atoms with Gasteiger partial charge < -0.3 is 20.5 Å². The van der Waals surface area contributed by atoms with E-state index in [-0.39, 0.29) is 11.7 Å². The first-order valence-corrected chi connectivity index (χ1v) is 8.85. The number of thioether (sulfide) groups is 1. The molecule has 1 aromatic rings. The molecule has 0 unspecified atom stereocenters. The number of aliphatic carboxylic acids is 1. The normalized spacial score (nSPS) is 10.8. The zero-order valence-corrected chi connectivity index (χ0v) is 15.4. The minimum absolute atomic E-state index is 0.0177. The van der Waals surface area contributed by atoms with Crippen LogP contribution in [-0.2, 0) is 9.53 Å². The molecule has 0 atom stereocenters. The van der Waals surface area contributed by atoms with Crippen LogP contribution < -0.4 is 10.6 Å². The fourth-order valence-corrected chi connectivity index (χ4v) is 2.36. The molecule has 0 aliphatic heterocycles. The molecule has 3 N–H and O–H groups in total. The topological polar surface area (TPSA) is 105 Å². The molecule has 138 valence electrons. The summed E-state index contributed by atoms with van der Waals surface area (Å²) < 4.78 is 5.10. The maximum atomic E-state index is 12.0. The molecule has 0 aromatic heterocycles. The first-order valence-electron chi connectivity index (χ1n) is 7.87. The number of benzene rings is 1. The number of ether oxygens (including phenoxy) is 1. The van der Waals surface area contributed by atoms with Crippen molar-refractivity contribution in [2.24, 2.45) is 0 Å². The van der Waals surface area contributed by atoms with Crippen LogP contribution in [0.3, 0.4) is 0 Å². The van der Waals surface area contributed by atoms with Crippen LogP contribution in [0.2, 0.25) is 0 Å². The summed E-state index contributed by atoms with van der Waals surface area (Å²) in [5, 5.41) is 14.0. The molecule has 0 saturated heterocycles. The van der Waals surface area contributed by atoms with Crippen LogP contribution in [0.5, 0.6) is 0 Å². The summed E-state index contributed by atoms with van der Waals surface area (Å²) in [5.41, 5.74) is -0.0347. The lowest BCUT2D eigenvalue weighted by Crippen LogP contribution is -2.34. The standard InChI is InChI=1S/C17H24N2O5S/c1-17(2,3)24-16(23)19-10-4-9-18-15(22)12-5-7-13(8-6-12)25-11-14(20)21/h5-8H,4,9-11H2,1-3H3,(H,18,22)(H,19,23)(H,20,21). The van der Waals surface area contributed by atoms with Gasteiger partial charge in [-0.2, -0.15) is 0 Å². The second kappa shape index (κ2) is 9.93. The number of carbonyl (C=O) groups is 3. The van der Waals surface area contributed by atoms with Gasteiger partial charge >= 0.3 is 12.1 Å². The molecule has 0 radical (unpaired) electrons. The first-order chi connectivity index (χ1) is 11.7. The van der Waals surface area contributed by atoms with Gasteiger partial charge in [-0.3, -0.25) is 9.59 Å². The fourth-order valence-electron chi connectivity index (χ4n) is 1.74. The van der Waals surface area contributed by atoms with E-state index in [2.05, 4.69) is 10.6 Å².